The normalized spacial score (nSPS) is 23.2. The lowest BCUT2D eigenvalue weighted by molar-refractivity contribution is -0.138. The molecule has 2 aliphatic rings. The summed E-state index contributed by atoms with van der Waals surface area (Å²) < 4.78 is 13.5. The van der Waals surface area contributed by atoms with E-state index in [2.05, 4.69) is 11.1 Å². The fraction of sp³-hybridized carbons (Fsp3) is 0.688. The van der Waals surface area contributed by atoms with Crippen molar-refractivity contribution >= 4 is 6.09 Å². The highest BCUT2D eigenvalue weighted by molar-refractivity contribution is 5.68. The summed E-state index contributed by atoms with van der Waals surface area (Å²) in [6.07, 6.45) is 4.06. The molecule has 1 unspecified atom stereocenters. The van der Waals surface area contributed by atoms with Crippen molar-refractivity contribution in [1.29, 1.82) is 5.26 Å². The number of ether oxygens (including phenoxy) is 2. The van der Waals surface area contributed by atoms with Gasteiger partial charge in [0.1, 0.15) is 17.0 Å². The largest absolute Gasteiger partial charge is 0.444 e. The third kappa shape index (κ3) is 3.04. The Morgan fingerprint density at radius 1 is 1.48 bits per heavy atom. The van der Waals surface area contributed by atoms with Crippen LogP contribution in [-0.4, -0.2) is 45.3 Å². The van der Waals surface area contributed by atoms with Crippen LogP contribution in [0.1, 0.15) is 39.4 Å². The Bertz CT molecular complexity index is 632. The van der Waals surface area contributed by atoms with Crippen LogP contribution in [0.3, 0.4) is 0 Å². The van der Waals surface area contributed by atoms with Gasteiger partial charge in [0, 0.05) is 38.3 Å². The number of carbonyl (C=O) groups excluding carboxylic acids is 1. The Morgan fingerprint density at radius 3 is 2.78 bits per heavy atom. The predicted octanol–water partition coefficient (Wildman–Crippen LogP) is 2.03. The molecule has 2 aliphatic heterocycles. The first-order valence-electron chi connectivity index (χ1n) is 7.90. The van der Waals surface area contributed by atoms with Crippen molar-refractivity contribution in [3.05, 3.63) is 18.2 Å². The second-order valence-electron chi connectivity index (χ2n) is 7.10. The van der Waals surface area contributed by atoms with Gasteiger partial charge in [0.15, 0.2) is 6.10 Å². The molecule has 1 amide bonds. The van der Waals surface area contributed by atoms with E-state index in [4.69, 9.17) is 9.47 Å². The van der Waals surface area contributed by atoms with Crippen LogP contribution in [0.2, 0.25) is 0 Å². The van der Waals surface area contributed by atoms with Crippen molar-refractivity contribution in [1.82, 2.24) is 14.5 Å². The second kappa shape index (κ2) is 5.53. The van der Waals surface area contributed by atoms with Crippen LogP contribution in [0, 0.1) is 11.3 Å². The average Bonchev–Trinajstić information content (AvgIpc) is 2.95. The number of piperidine rings is 1. The summed E-state index contributed by atoms with van der Waals surface area (Å²) in [5, 5.41) is 9.24. The highest BCUT2D eigenvalue weighted by atomic mass is 16.6. The summed E-state index contributed by atoms with van der Waals surface area (Å²) in [6, 6.07) is 2.20. The molecule has 0 N–H and O–H groups in total. The Labute approximate surface area is 135 Å². The van der Waals surface area contributed by atoms with Gasteiger partial charge in [0.05, 0.1) is 12.6 Å². The number of amides is 1. The second-order valence-corrected chi connectivity index (χ2v) is 7.10. The van der Waals surface area contributed by atoms with E-state index in [1.807, 2.05) is 31.5 Å². The SMILES string of the molecule is CC(C)(C)OC(=O)N1CCC2(CC1)OC(C#N)Cn1ccnc12. The minimum atomic E-state index is -0.583. The number of carbonyl (C=O) groups is 1. The molecule has 1 saturated heterocycles. The number of likely N-dealkylation sites (tertiary alicyclic amines) is 1. The van der Waals surface area contributed by atoms with Crippen LogP contribution >= 0.6 is 0 Å². The number of nitriles is 1. The fourth-order valence-electron chi connectivity index (χ4n) is 3.18. The van der Waals surface area contributed by atoms with Crippen LogP contribution in [0.5, 0.6) is 0 Å². The van der Waals surface area contributed by atoms with Crippen molar-refractivity contribution in [3.63, 3.8) is 0 Å². The maximum Gasteiger partial charge on any atom is 0.410 e. The van der Waals surface area contributed by atoms with E-state index < -0.39 is 17.3 Å². The number of hydrogen-bond acceptors (Lipinski definition) is 5. The highest BCUT2D eigenvalue weighted by Crippen LogP contribution is 2.40. The van der Waals surface area contributed by atoms with Gasteiger partial charge < -0.3 is 18.9 Å². The van der Waals surface area contributed by atoms with E-state index >= 15 is 0 Å². The third-order valence-electron chi connectivity index (χ3n) is 4.22. The summed E-state index contributed by atoms with van der Waals surface area (Å²) in [5.41, 5.74) is -1.09. The number of nitrogens with zero attached hydrogens (tertiary/aromatic N) is 4. The number of hydrogen-bond donors (Lipinski definition) is 0. The molecule has 7 nitrogen and oxygen atoms in total. The van der Waals surface area contributed by atoms with Gasteiger partial charge in [0.2, 0.25) is 0 Å². The fourth-order valence-corrected chi connectivity index (χ4v) is 3.18. The number of aromatic nitrogens is 2. The molecule has 1 spiro atoms. The standard InChI is InChI=1S/C16H22N4O3/c1-15(2,3)23-14(21)19-7-4-16(5-8-19)13-18-6-9-20(13)11-12(10-17)22-16/h6,9,12H,4-5,7-8,11H2,1-3H3. The molecule has 0 bridgehead atoms. The van der Waals surface area contributed by atoms with Crippen LogP contribution < -0.4 is 0 Å². The molecule has 0 aliphatic carbocycles. The van der Waals surface area contributed by atoms with Gasteiger partial charge in [-0.3, -0.25) is 0 Å². The zero-order chi connectivity index (χ0) is 16.7. The molecule has 0 radical (unpaired) electrons. The minimum absolute atomic E-state index is 0.302. The van der Waals surface area contributed by atoms with Gasteiger partial charge >= 0.3 is 6.09 Å². The molecule has 3 heterocycles. The van der Waals surface area contributed by atoms with E-state index in [1.54, 1.807) is 11.1 Å². The monoisotopic (exact) mass is 318 g/mol. The summed E-state index contributed by atoms with van der Waals surface area (Å²) in [4.78, 5) is 18.3. The maximum atomic E-state index is 12.2. The van der Waals surface area contributed by atoms with Crippen molar-refractivity contribution in [2.45, 2.75) is 57.5 Å². The summed E-state index contributed by atoms with van der Waals surface area (Å²) in [6.45, 7) is 7.13. The van der Waals surface area contributed by atoms with Crippen LogP contribution in [0.15, 0.2) is 12.4 Å². The molecule has 1 aromatic rings. The molecular weight excluding hydrogens is 296 g/mol. The molecule has 0 aromatic carbocycles. The zero-order valence-corrected chi connectivity index (χ0v) is 13.8. The molecule has 7 heteroatoms. The summed E-state index contributed by atoms with van der Waals surface area (Å²) in [5.74, 6) is 0.854. The van der Waals surface area contributed by atoms with Crippen molar-refractivity contribution < 1.29 is 14.3 Å². The lowest BCUT2D eigenvalue weighted by Crippen LogP contribution is -2.52. The van der Waals surface area contributed by atoms with Crippen molar-refractivity contribution in [2.75, 3.05) is 13.1 Å². The maximum absolute atomic E-state index is 12.2. The van der Waals surface area contributed by atoms with Gasteiger partial charge in [0.25, 0.3) is 0 Å². The van der Waals surface area contributed by atoms with Crippen LogP contribution in [0.25, 0.3) is 0 Å². The number of fused-ring (bicyclic) bond motifs is 2. The Balaban J connectivity index is 1.73. The molecule has 0 saturated carbocycles. The predicted molar refractivity (Wildman–Crippen MR) is 81.4 cm³/mol. The molecule has 1 fully saturated rings. The zero-order valence-electron chi connectivity index (χ0n) is 13.8. The number of rotatable bonds is 0. The first-order valence-corrected chi connectivity index (χ1v) is 7.90. The van der Waals surface area contributed by atoms with Crippen LogP contribution in [-0.2, 0) is 21.6 Å². The molecule has 1 atom stereocenters. The topological polar surface area (TPSA) is 80.4 Å². The minimum Gasteiger partial charge on any atom is -0.444 e. The summed E-state index contributed by atoms with van der Waals surface area (Å²) >= 11 is 0. The molecule has 124 valence electrons. The smallest absolute Gasteiger partial charge is 0.410 e. The van der Waals surface area contributed by atoms with Crippen molar-refractivity contribution in [3.8, 4) is 6.07 Å². The van der Waals surface area contributed by atoms with Gasteiger partial charge in [-0.2, -0.15) is 5.26 Å². The first kappa shape index (κ1) is 15.8. The lowest BCUT2D eigenvalue weighted by atomic mass is 9.88. The van der Waals surface area contributed by atoms with Gasteiger partial charge in [-0.25, -0.2) is 9.78 Å². The van der Waals surface area contributed by atoms with E-state index in [0.29, 0.717) is 32.5 Å². The molecular formula is C16H22N4O3. The third-order valence-corrected chi connectivity index (χ3v) is 4.22. The average molecular weight is 318 g/mol. The van der Waals surface area contributed by atoms with Gasteiger partial charge in [-0.1, -0.05) is 0 Å². The quantitative estimate of drug-likeness (QED) is 0.731. The lowest BCUT2D eigenvalue weighted by Gasteiger charge is -2.44. The van der Waals surface area contributed by atoms with Gasteiger partial charge in [-0.15, -0.1) is 0 Å². The van der Waals surface area contributed by atoms with E-state index in [9.17, 15) is 10.1 Å². The first-order chi connectivity index (χ1) is 10.8. The Hall–Kier alpha value is -2.07. The van der Waals surface area contributed by atoms with E-state index in [1.165, 1.54) is 0 Å². The van der Waals surface area contributed by atoms with Gasteiger partial charge in [-0.05, 0) is 20.8 Å². The summed E-state index contributed by atoms with van der Waals surface area (Å²) in [7, 11) is 0. The van der Waals surface area contributed by atoms with E-state index in [-0.39, 0.29) is 6.09 Å². The number of imidazole rings is 1. The highest BCUT2D eigenvalue weighted by Gasteiger charge is 2.46. The molecule has 1 aromatic heterocycles. The van der Waals surface area contributed by atoms with Crippen LogP contribution in [0.4, 0.5) is 4.79 Å². The Kier molecular flexibility index (Phi) is 3.80. The Morgan fingerprint density at radius 2 is 2.17 bits per heavy atom. The van der Waals surface area contributed by atoms with Crippen molar-refractivity contribution in [2.24, 2.45) is 0 Å². The molecule has 3 rings (SSSR count). The molecule has 23 heavy (non-hydrogen) atoms. The van der Waals surface area contributed by atoms with E-state index in [0.717, 1.165) is 5.82 Å².